The van der Waals surface area contributed by atoms with Crippen LogP contribution in [0.5, 0.6) is 11.6 Å². The summed E-state index contributed by atoms with van der Waals surface area (Å²) in [4.78, 5) is 28.6. The molecule has 2 rings (SSSR count). The van der Waals surface area contributed by atoms with E-state index in [1.165, 1.54) is 6.92 Å². The average molecular weight is 417 g/mol. The van der Waals surface area contributed by atoms with Gasteiger partial charge in [-0.3, -0.25) is 10.1 Å². The van der Waals surface area contributed by atoms with E-state index in [1.54, 1.807) is 0 Å². The van der Waals surface area contributed by atoms with Crippen molar-refractivity contribution >= 4 is 17.4 Å². The van der Waals surface area contributed by atoms with Gasteiger partial charge >= 0.3 is 12.1 Å². The van der Waals surface area contributed by atoms with Crippen molar-refractivity contribution in [2.24, 2.45) is 5.16 Å². The zero-order chi connectivity index (χ0) is 21.8. The standard InChI is InChI=1S/C16H11F4N3O6/c1-8(22-28-7-14(24)25)11-5-10(2-3-13(11)23(26)27)29-15-12(17)4-9(6-21-15)16(18,19)20/h2-6H,7H2,1H3,(H,24,25)/b22-8-. The van der Waals surface area contributed by atoms with Gasteiger partial charge in [-0.25, -0.2) is 14.2 Å². The van der Waals surface area contributed by atoms with Crippen molar-refractivity contribution in [2.75, 3.05) is 6.61 Å². The topological polar surface area (TPSA) is 124 Å². The maximum absolute atomic E-state index is 13.9. The van der Waals surface area contributed by atoms with Gasteiger partial charge in [-0.1, -0.05) is 5.16 Å². The highest BCUT2D eigenvalue weighted by molar-refractivity contribution is 6.02. The zero-order valence-electron chi connectivity index (χ0n) is 14.4. The van der Waals surface area contributed by atoms with Crippen LogP contribution in [-0.2, 0) is 15.8 Å². The summed E-state index contributed by atoms with van der Waals surface area (Å²) >= 11 is 0. The summed E-state index contributed by atoms with van der Waals surface area (Å²) in [5.41, 5.74) is -2.00. The third-order valence-corrected chi connectivity index (χ3v) is 3.29. The first kappa shape index (κ1) is 21.5. The first-order valence-corrected chi connectivity index (χ1v) is 7.56. The molecule has 0 atom stereocenters. The Kier molecular flexibility index (Phi) is 6.31. The predicted molar refractivity (Wildman–Crippen MR) is 88.2 cm³/mol. The van der Waals surface area contributed by atoms with Crippen molar-refractivity contribution in [1.29, 1.82) is 0 Å². The van der Waals surface area contributed by atoms with Crippen molar-refractivity contribution in [3.63, 3.8) is 0 Å². The number of hydrogen-bond donors (Lipinski definition) is 1. The summed E-state index contributed by atoms with van der Waals surface area (Å²) in [5.74, 6) is -3.69. The molecule has 0 saturated carbocycles. The molecule has 0 spiro atoms. The molecule has 0 bridgehead atoms. The zero-order valence-corrected chi connectivity index (χ0v) is 14.4. The SMILES string of the molecule is C/C(=N/OCC(=O)O)c1cc(Oc2ncc(C(F)(F)F)cc2F)ccc1[N+](=O)[O-]. The largest absolute Gasteiger partial charge is 0.479 e. The number of rotatable bonds is 7. The number of ether oxygens (including phenoxy) is 1. The number of halogens is 4. The number of nitro benzene ring substituents is 1. The third-order valence-electron chi connectivity index (χ3n) is 3.29. The molecule has 0 unspecified atom stereocenters. The highest BCUT2D eigenvalue weighted by Crippen LogP contribution is 2.33. The van der Waals surface area contributed by atoms with Gasteiger partial charge in [-0.15, -0.1) is 0 Å². The van der Waals surface area contributed by atoms with Crippen molar-refractivity contribution < 1.29 is 42.0 Å². The fraction of sp³-hybridized carbons (Fsp3) is 0.188. The van der Waals surface area contributed by atoms with E-state index in [-0.39, 0.29) is 23.1 Å². The Bertz CT molecular complexity index is 978. The van der Waals surface area contributed by atoms with Gasteiger partial charge in [0.2, 0.25) is 6.61 Å². The second-order valence-electron chi connectivity index (χ2n) is 5.39. The minimum absolute atomic E-state index is 0.0933. The molecule has 1 aromatic carbocycles. The number of hydrogen-bond acceptors (Lipinski definition) is 7. The molecular weight excluding hydrogens is 406 g/mol. The van der Waals surface area contributed by atoms with E-state index >= 15 is 0 Å². The lowest BCUT2D eigenvalue weighted by molar-refractivity contribution is -0.385. The Morgan fingerprint density at radius 2 is 2.03 bits per heavy atom. The number of alkyl halides is 3. The number of benzene rings is 1. The number of carboxylic acid groups (broad SMARTS) is 1. The lowest BCUT2D eigenvalue weighted by Gasteiger charge is -2.10. The quantitative estimate of drug-likeness (QED) is 0.315. The lowest BCUT2D eigenvalue weighted by Crippen LogP contribution is -2.08. The van der Waals surface area contributed by atoms with E-state index in [0.717, 1.165) is 18.2 Å². The van der Waals surface area contributed by atoms with E-state index in [0.29, 0.717) is 6.20 Å². The Morgan fingerprint density at radius 3 is 2.59 bits per heavy atom. The molecule has 0 aliphatic carbocycles. The van der Waals surface area contributed by atoms with Crippen LogP contribution in [0, 0.1) is 15.9 Å². The van der Waals surface area contributed by atoms with Crippen LogP contribution >= 0.6 is 0 Å². The second-order valence-corrected chi connectivity index (χ2v) is 5.39. The summed E-state index contributed by atoms with van der Waals surface area (Å²) in [6.45, 7) is 0.493. The molecule has 154 valence electrons. The fourth-order valence-electron chi connectivity index (χ4n) is 2.03. The number of carbonyl (C=O) groups is 1. The minimum Gasteiger partial charge on any atom is -0.479 e. The molecule has 0 amide bonds. The van der Waals surface area contributed by atoms with Crippen molar-refractivity contribution in [1.82, 2.24) is 4.98 Å². The molecule has 0 fully saturated rings. The Labute approximate surface area is 159 Å². The molecule has 29 heavy (non-hydrogen) atoms. The number of aromatic nitrogens is 1. The van der Waals surface area contributed by atoms with Gasteiger partial charge in [-0.05, 0) is 25.1 Å². The smallest absolute Gasteiger partial charge is 0.417 e. The van der Waals surface area contributed by atoms with Gasteiger partial charge in [0.05, 0.1) is 21.8 Å². The summed E-state index contributed by atoms with van der Waals surface area (Å²) in [7, 11) is 0. The lowest BCUT2D eigenvalue weighted by atomic mass is 10.1. The minimum atomic E-state index is -4.80. The number of nitrogens with zero attached hydrogens (tertiary/aromatic N) is 3. The molecule has 2 aromatic rings. The van der Waals surface area contributed by atoms with Crippen LogP contribution in [0.15, 0.2) is 35.6 Å². The molecule has 1 N–H and O–H groups in total. The first-order valence-electron chi connectivity index (χ1n) is 7.56. The van der Waals surface area contributed by atoms with E-state index in [9.17, 15) is 32.5 Å². The molecule has 13 heteroatoms. The third kappa shape index (κ3) is 5.60. The van der Waals surface area contributed by atoms with E-state index in [2.05, 4.69) is 15.0 Å². The van der Waals surface area contributed by atoms with Gasteiger partial charge in [0.15, 0.2) is 5.82 Å². The number of carboxylic acids is 1. The normalized spacial score (nSPS) is 11.8. The van der Waals surface area contributed by atoms with Crippen LogP contribution in [0.1, 0.15) is 18.1 Å². The molecule has 1 aromatic heterocycles. The van der Waals surface area contributed by atoms with Gasteiger partial charge in [-0.2, -0.15) is 13.2 Å². The van der Waals surface area contributed by atoms with E-state index < -0.39 is 46.6 Å². The summed E-state index contributed by atoms with van der Waals surface area (Å²) < 4.78 is 56.7. The van der Waals surface area contributed by atoms with Crippen LogP contribution in [0.2, 0.25) is 0 Å². The van der Waals surface area contributed by atoms with Crippen molar-refractivity contribution in [2.45, 2.75) is 13.1 Å². The predicted octanol–water partition coefficient (Wildman–Crippen LogP) is 3.77. The average Bonchev–Trinajstić information content (AvgIpc) is 2.61. The number of oxime groups is 1. The van der Waals surface area contributed by atoms with Crippen LogP contribution in [-0.4, -0.2) is 33.3 Å². The van der Waals surface area contributed by atoms with Crippen LogP contribution in [0.3, 0.4) is 0 Å². The monoisotopic (exact) mass is 417 g/mol. The first-order chi connectivity index (χ1) is 13.5. The van der Waals surface area contributed by atoms with Crippen LogP contribution < -0.4 is 4.74 Å². The number of pyridine rings is 1. The molecule has 0 aliphatic heterocycles. The Hall–Kier alpha value is -3.77. The van der Waals surface area contributed by atoms with Gasteiger partial charge in [0.1, 0.15) is 5.75 Å². The highest BCUT2D eigenvalue weighted by Gasteiger charge is 2.32. The molecule has 1 heterocycles. The van der Waals surface area contributed by atoms with Crippen molar-refractivity contribution in [3.05, 3.63) is 57.5 Å². The number of nitro groups is 1. The summed E-state index contributed by atoms with van der Waals surface area (Å²) in [6.07, 6.45) is -4.42. The maximum Gasteiger partial charge on any atom is 0.417 e. The second kappa shape index (κ2) is 8.50. The highest BCUT2D eigenvalue weighted by atomic mass is 19.4. The molecular formula is C16H11F4N3O6. The number of aliphatic carboxylic acids is 1. The van der Waals surface area contributed by atoms with Crippen LogP contribution in [0.4, 0.5) is 23.2 Å². The van der Waals surface area contributed by atoms with Gasteiger partial charge < -0.3 is 14.7 Å². The summed E-state index contributed by atoms with van der Waals surface area (Å²) in [6, 6.07) is 3.32. The van der Waals surface area contributed by atoms with E-state index in [1.807, 2.05) is 0 Å². The Balaban J connectivity index is 2.35. The van der Waals surface area contributed by atoms with Crippen LogP contribution in [0.25, 0.3) is 0 Å². The summed E-state index contributed by atoms with van der Waals surface area (Å²) in [5, 5.41) is 23.1. The molecule has 0 aliphatic rings. The fourth-order valence-corrected chi connectivity index (χ4v) is 2.03. The molecule has 9 nitrogen and oxygen atoms in total. The van der Waals surface area contributed by atoms with E-state index in [4.69, 9.17) is 9.84 Å². The molecule has 0 radical (unpaired) electrons. The van der Waals surface area contributed by atoms with Crippen molar-refractivity contribution in [3.8, 4) is 11.6 Å². The molecule has 0 saturated heterocycles. The Morgan fingerprint density at radius 1 is 1.34 bits per heavy atom. The van der Waals surface area contributed by atoms with Gasteiger partial charge in [0.25, 0.3) is 11.6 Å². The van der Waals surface area contributed by atoms with Gasteiger partial charge in [0, 0.05) is 12.3 Å². The maximum atomic E-state index is 13.9.